The zero-order valence-electron chi connectivity index (χ0n) is 11.0. The fourth-order valence-corrected chi connectivity index (χ4v) is 2.07. The van der Waals surface area contributed by atoms with Crippen LogP contribution in [0.25, 0.3) is 11.3 Å². The first kappa shape index (κ1) is 12.4. The van der Waals surface area contributed by atoms with Gasteiger partial charge >= 0.3 is 0 Å². The Morgan fingerprint density at radius 3 is 2.33 bits per heavy atom. The van der Waals surface area contributed by atoms with Gasteiger partial charge in [-0.05, 0) is 37.1 Å². The fraction of sp³-hybridized carbons (Fsp3) is 0.286. The van der Waals surface area contributed by atoms with Crippen molar-refractivity contribution in [2.45, 2.75) is 20.8 Å². The van der Waals surface area contributed by atoms with Crippen LogP contribution in [0.1, 0.15) is 28.7 Å². The monoisotopic (exact) mass is 244 g/mol. The maximum Gasteiger partial charge on any atom is 0.194 e. The predicted octanol–water partition coefficient (Wildman–Crippen LogP) is 2.90. The van der Waals surface area contributed by atoms with Gasteiger partial charge in [0.15, 0.2) is 11.6 Å². The van der Waals surface area contributed by atoms with Crippen molar-refractivity contribution in [3.05, 3.63) is 35.3 Å². The van der Waals surface area contributed by atoms with E-state index in [-0.39, 0.29) is 5.78 Å². The van der Waals surface area contributed by atoms with Crippen LogP contribution in [0, 0.1) is 13.8 Å². The average molecular weight is 244 g/mol. The van der Waals surface area contributed by atoms with E-state index in [4.69, 9.17) is 4.74 Å². The largest absolute Gasteiger partial charge is 0.496 e. The van der Waals surface area contributed by atoms with E-state index in [0.717, 1.165) is 28.1 Å². The minimum Gasteiger partial charge on any atom is -0.496 e. The summed E-state index contributed by atoms with van der Waals surface area (Å²) < 4.78 is 5.33. The number of ether oxygens (including phenoxy) is 1. The molecule has 0 saturated carbocycles. The third kappa shape index (κ3) is 2.14. The Labute approximate surface area is 106 Å². The maximum atomic E-state index is 11.2. The van der Waals surface area contributed by atoms with Gasteiger partial charge in [-0.25, -0.2) is 4.98 Å². The topological polar surface area (TPSA) is 55.0 Å². The normalized spacial score (nSPS) is 10.4. The number of Topliss-reactive ketones (excluding diaryl/α,β-unsaturated/α-hetero) is 1. The molecule has 0 fully saturated rings. The van der Waals surface area contributed by atoms with Gasteiger partial charge in [0.25, 0.3) is 0 Å². The molecule has 0 spiro atoms. The van der Waals surface area contributed by atoms with Crippen molar-refractivity contribution in [3.8, 4) is 17.0 Å². The Hall–Kier alpha value is -2.10. The van der Waals surface area contributed by atoms with Gasteiger partial charge < -0.3 is 9.72 Å². The van der Waals surface area contributed by atoms with Crippen LogP contribution < -0.4 is 4.74 Å². The highest BCUT2D eigenvalue weighted by atomic mass is 16.5. The summed E-state index contributed by atoms with van der Waals surface area (Å²) in [5.74, 6) is 1.21. The smallest absolute Gasteiger partial charge is 0.194 e. The van der Waals surface area contributed by atoms with E-state index in [0.29, 0.717) is 5.82 Å². The number of carbonyl (C=O) groups excluding carboxylic acids is 1. The minimum absolute atomic E-state index is 0.0665. The Kier molecular flexibility index (Phi) is 3.19. The van der Waals surface area contributed by atoms with Gasteiger partial charge in [0, 0.05) is 12.5 Å². The number of carbonyl (C=O) groups is 1. The van der Waals surface area contributed by atoms with Crippen LogP contribution in [-0.4, -0.2) is 22.9 Å². The molecule has 1 aromatic carbocycles. The molecular weight excluding hydrogens is 228 g/mol. The lowest BCUT2D eigenvalue weighted by Gasteiger charge is -2.10. The molecule has 0 aliphatic carbocycles. The molecule has 2 aromatic rings. The van der Waals surface area contributed by atoms with Gasteiger partial charge in [0.2, 0.25) is 0 Å². The standard InChI is InChI=1S/C14H16N2O2/c1-8-5-11(6-9(2)13(8)18-4)12-7-15-14(16-12)10(3)17/h5-7H,1-4H3,(H,15,16). The number of nitrogens with zero attached hydrogens (tertiary/aromatic N) is 1. The number of nitrogens with one attached hydrogen (secondary N) is 1. The highest BCUT2D eigenvalue weighted by Crippen LogP contribution is 2.29. The van der Waals surface area contributed by atoms with Crippen LogP contribution in [0.3, 0.4) is 0 Å². The van der Waals surface area contributed by atoms with E-state index in [2.05, 4.69) is 9.97 Å². The van der Waals surface area contributed by atoms with Crippen LogP contribution in [0.5, 0.6) is 5.75 Å². The molecule has 1 N–H and O–H groups in total. The number of aromatic amines is 1. The molecule has 94 valence electrons. The average Bonchev–Trinajstić information content (AvgIpc) is 2.77. The molecule has 2 rings (SSSR count). The third-order valence-electron chi connectivity index (χ3n) is 2.88. The SMILES string of the molecule is COc1c(C)cc(-c2cnc(C(C)=O)[nH]2)cc1C. The molecule has 1 aromatic heterocycles. The number of ketones is 1. The number of imidazole rings is 1. The molecule has 0 unspecified atom stereocenters. The minimum atomic E-state index is -0.0665. The molecule has 0 aliphatic rings. The number of hydrogen-bond acceptors (Lipinski definition) is 3. The van der Waals surface area contributed by atoms with E-state index in [1.54, 1.807) is 13.3 Å². The van der Waals surface area contributed by atoms with Crippen molar-refractivity contribution < 1.29 is 9.53 Å². The third-order valence-corrected chi connectivity index (χ3v) is 2.88. The van der Waals surface area contributed by atoms with Crippen molar-refractivity contribution in [1.82, 2.24) is 9.97 Å². The van der Waals surface area contributed by atoms with Crippen LogP contribution in [0.4, 0.5) is 0 Å². The highest BCUT2D eigenvalue weighted by Gasteiger charge is 2.10. The molecular formula is C14H16N2O2. The number of aromatic nitrogens is 2. The summed E-state index contributed by atoms with van der Waals surface area (Å²) in [5, 5.41) is 0. The predicted molar refractivity (Wildman–Crippen MR) is 70.1 cm³/mol. The first-order valence-electron chi connectivity index (χ1n) is 5.74. The van der Waals surface area contributed by atoms with Gasteiger partial charge in [-0.2, -0.15) is 0 Å². The van der Waals surface area contributed by atoms with Crippen molar-refractivity contribution >= 4 is 5.78 Å². The van der Waals surface area contributed by atoms with Crippen LogP contribution in [0.15, 0.2) is 18.3 Å². The lowest BCUT2D eigenvalue weighted by Crippen LogP contribution is -1.95. The number of benzene rings is 1. The molecule has 4 nitrogen and oxygen atoms in total. The van der Waals surface area contributed by atoms with Crippen LogP contribution in [0.2, 0.25) is 0 Å². The zero-order chi connectivity index (χ0) is 13.3. The molecule has 4 heteroatoms. The summed E-state index contributed by atoms with van der Waals surface area (Å²) in [5.41, 5.74) is 3.97. The number of rotatable bonds is 3. The molecule has 0 aliphatic heterocycles. The first-order valence-corrected chi connectivity index (χ1v) is 5.74. The Morgan fingerprint density at radius 2 is 1.89 bits per heavy atom. The summed E-state index contributed by atoms with van der Waals surface area (Å²) in [4.78, 5) is 18.3. The van der Waals surface area contributed by atoms with E-state index < -0.39 is 0 Å². The Balaban J connectivity index is 2.47. The van der Waals surface area contributed by atoms with Gasteiger partial charge in [-0.1, -0.05) is 0 Å². The second kappa shape index (κ2) is 4.64. The summed E-state index contributed by atoms with van der Waals surface area (Å²) in [6, 6.07) is 4.03. The number of hydrogen-bond donors (Lipinski definition) is 1. The molecule has 0 saturated heterocycles. The van der Waals surface area contributed by atoms with Crippen molar-refractivity contribution in [2.24, 2.45) is 0 Å². The van der Waals surface area contributed by atoms with Gasteiger partial charge in [-0.3, -0.25) is 4.79 Å². The van der Waals surface area contributed by atoms with Gasteiger partial charge in [0.1, 0.15) is 5.75 Å². The summed E-state index contributed by atoms with van der Waals surface area (Å²) in [6.45, 7) is 5.49. The van der Waals surface area contributed by atoms with Crippen molar-refractivity contribution in [1.29, 1.82) is 0 Å². The van der Waals surface area contributed by atoms with E-state index in [1.165, 1.54) is 6.92 Å². The molecule has 0 amide bonds. The zero-order valence-corrected chi connectivity index (χ0v) is 11.0. The number of aryl methyl sites for hydroxylation is 2. The lowest BCUT2D eigenvalue weighted by molar-refractivity contribution is 0.100. The highest BCUT2D eigenvalue weighted by molar-refractivity contribution is 5.91. The van der Waals surface area contributed by atoms with E-state index in [1.807, 2.05) is 26.0 Å². The number of methoxy groups -OCH3 is 1. The molecule has 1 heterocycles. The van der Waals surface area contributed by atoms with E-state index in [9.17, 15) is 4.79 Å². The number of H-pyrrole nitrogens is 1. The van der Waals surface area contributed by atoms with Gasteiger partial charge in [-0.15, -0.1) is 0 Å². The summed E-state index contributed by atoms with van der Waals surface area (Å²) in [7, 11) is 1.67. The van der Waals surface area contributed by atoms with Crippen molar-refractivity contribution in [2.75, 3.05) is 7.11 Å². The van der Waals surface area contributed by atoms with Gasteiger partial charge in [0.05, 0.1) is 19.0 Å². The first-order chi connectivity index (χ1) is 8.52. The van der Waals surface area contributed by atoms with Crippen molar-refractivity contribution in [3.63, 3.8) is 0 Å². The quantitative estimate of drug-likeness (QED) is 0.844. The molecule has 0 radical (unpaired) electrons. The van der Waals surface area contributed by atoms with Crippen LogP contribution in [-0.2, 0) is 0 Å². The molecule has 0 atom stereocenters. The Bertz CT molecular complexity index is 577. The summed E-state index contributed by atoms with van der Waals surface area (Å²) >= 11 is 0. The fourth-order valence-electron chi connectivity index (χ4n) is 2.07. The lowest BCUT2D eigenvalue weighted by atomic mass is 10.0. The second-order valence-corrected chi connectivity index (χ2v) is 4.34. The van der Waals surface area contributed by atoms with Crippen LogP contribution >= 0.6 is 0 Å². The van der Waals surface area contributed by atoms with E-state index >= 15 is 0 Å². The second-order valence-electron chi connectivity index (χ2n) is 4.34. The Morgan fingerprint density at radius 1 is 1.28 bits per heavy atom. The molecule has 0 bridgehead atoms. The molecule has 18 heavy (non-hydrogen) atoms. The summed E-state index contributed by atoms with van der Waals surface area (Å²) in [6.07, 6.45) is 1.68. The maximum absolute atomic E-state index is 11.2.